The molecule has 0 aliphatic heterocycles. The summed E-state index contributed by atoms with van der Waals surface area (Å²) in [6.07, 6.45) is 10.8. The van der Waals surface area contributed by atoms with Crippen LogP contribution in [0.1, 0.15) is 82.3 Å². The molecule has 1 heterocycles. The highest BCUT2D eigenvalue weighted by Gasteiger charge is 2.17. The molecule has 0 atom stereocenters. The molecule has 0 N–H and O–H groups in total. The number of benzene rings is 6. The number of hydrogen-bond donors (Lipinski definition) is 0. The average molecular weight is 1050 g/mol. The Morgan fingerprint density at radius 3 is 1.35 bits per heavy atom. The molecule has 0 radical (unpaired) electrons. The Morgan fingerprint density at radius 2 is 0.857 bits per heavy atom. The summed E-state index contributed by atoms with van der Waals surface area (Å²) in [7, 11) is 0. The number of ether oxygens (including phenoxy) is 9. The fraction of sp³-hybridized carbons (Fsp3) is 0.355. The molecule has 0 saturated carbocycles. The molecular formula is C62H68N2O13. The third kappa shape index (κ3) is 18.1. The molecule has 0 unspecified atom stereocenters. The zero-order chi connectivity index (χ0) is 54.0. The van der Waals surface area contributed by atoms with Crippen LogP contribution in [-0.2, 0) is 51.0 Å². The van der Waals surface area contributed by atoms with Gasteiger partial charge in [-0.25, -0.2) is 19.6 Å². The first kappa shape index (κ1) is 56.8. The van der Waals surface area contributed by atoms with E-state index in [4.69, 9.17) is 52.6 Å². The van der Waals surface area contributed by atoms with Crippen molar-refractivity contribution in [2.75, 3.05) is 59.5 Å². The van der Waals surface area contributed by atoms with E-state index in [2.05, 4.69) is 13.2 Å². The first-order chi connectivity index (χ1) is 37.7. The number of esters is 4. The number of fused-ring (bicyclic) bond motifs is 7. The summed E-state index contributed by atoms with van der Waals surface area (Å²) in [6.45, 7) is 13.1. The Labute approximate surface area is 449 Å². The van der Waals surface area contributed by atoms with E-state index in [1.165, 1.54) is 12.2 Å². The van der Waals surface area contributed by atoms with Gasteiger partial charge in [0.2, 0.25) is 0 Å². The molecule has 0 spiro atoms. The van der Waals surface area contributed by atoms with Gasteiger partial charge in [-0.05, 0) is 166 Å². The first-order valence-corrected chi connectivity index (χ1v) is 26.5. The van der Waals surface area contributed by atoms with Crippen LogP contribution in [0.4, 0.5) is 0 Å². The second kappa shape index (κ2) is 30.6. The lowest BCUT2D eigenvalue weighted by Crippen LogP contribution is -2.10. The molecule has 7 aromatic rings. The normalized spacial score (nSPS) is 11.1. The van der Waals surface area contributed by atoms with Crippen molar-refractivity contribution in [3.05, 3.63) is 140 Å². The van der Waals surface area contributed by atoms with Gasteiger partial charge in [-0.1, -0.05) is 37.4 Å². The maximum atomic E-state index is 13.3. The third-order valence-electron chi connectivity index (χ3n) is 12.5. The summed E-state index contributed by atoms with van der Waals surface area (Å²) in [5, 5.41) is 3.17. The molecule has 0 aliphatic rings. The highest BCUT2D eigenvalue weighted by Crippen LogP contribution is 2.38. The van der Waals surface area contributed by atoms with E-state index in [1.807, 2.05) is 97.9 Å². The molecule has 0 amide bonds. The Bertz CT molecular complexity index is 3080. The van der Waals surface area contributed by atoms with Crippen LogP contribution in [0.3, 0.4) is 0 Å². The lowest BCUT2D eigenvalue weighted by molar-refractivity contribution is -0.138. The van der Waals surface area contributed by atoms with Crippen molar-refractivity contribution in [3.8, 4) is 28.7 Å². The summed E-state index contributed by atoms with van der Waals surface area (Å²) < 4.78 is 50.7. The predicted octanol–water partition coefficient (Wildman–Crippen LogP) is 11.9. The van der Waals surface area contributed by atoms with Crippen LogP contribution in [0.15, 0.2) is 128 Å². The number of aromatic nitrogens is 2. The van der Waals surface area contributed by atoms with E-state index in [0.717, 1.165) is 95.5 Å². The van der Waals surface area contributed by atoms with E-state index < -0.39 is 11.9 Å². The minimum atomic E-state index is -0.400. The van der Waals surface area contributed by atoms with Crippen molar-refractivity contribution in [2.45, 2.75) is 84.0 Å². The molecule has 7 rings (SSSR count). The van der Waals surface area contributed by atoms with Crippen molar-refractivity contribution in [1.29, 1.82) is 0 Å². The van der Waals surface area contributed by atoms with Gasteiger partial charge < -0.3 is 42.6 Å². The quantitative estimate of drug-likeness (QED) is 0.00929. The summed E-state index contributed by atoms with van der Waals surface area (Å²) in [4.78, 5) is 59.3. The Balaban J connectivity index is 0.990. The van der Waals surface area contributed by atoms with E-state index in [1.54, 1.807) is 12.1 Å². The van der Waals surface area contributed by atoms with Gasteiger partial charge in [0.05, 0.1) is 68.3 Å². The van der Waals surface area contributed by atoms with Crippen LogP contribution in [0.5, 0.6) is 28.7 Å². The van der Waals surface area contributed by atoms with Crippen LogP contribution in [0, 0.1) is 0 Å². The molecule has 404 valence electrons. The predicted molar refractivity (Wildman–Crippen MR) is 296 cm³/mol. The van der Waals surface area contributed by atoms with Crippen molar-refractivity contribution < 1.29 is 61.8 Å². The van der Waals surface area contributed by atoms with Crippen LogP contribution in [-0.4, -0.2) is 93.3 Å². The molecule has 0 bridgehead atoms. The van der Waals surface area contributed by atoms with Crippen LogP contribution < -0.4 is 23.7 Å². The van der Waals surface area contributed by atoms with Crippen molar-refractivity contribution in [1.82, 2.24) is 9.97 Å². The number of nitrogens with zero attached hydrogens (tertiary/aromatic N) is 2. The number of carbonyl (C=O) groups excluding carboxylic acids is 4. The molecule has 6 aromatic carbocycles. The number of hydrogen-bond acceptors (Lipinski definition) is 15. The smallest absolute Gasteiger partial charge is 0.330 e. The van der Waals surface area contributed by atoms with Gasteiger partial charge >= 0.3 is 23.9 Å². The third-order valence-corrected chi connectivity index (χ3v) is 12.5. The highest BCUT2D eigenvalue weighted by molar-refractivity contribution is 6.24. The summed E-state index contributed by atoms with van der Waals surface area (Å²) in [6, 6.07) is 32.0. The van der Waals surface area contributed by atoms with Gasteiger partial charge in [0.1, 0.15) is 35.4 Å². The first-order valence-electron chi connectivity index (χ1n) is 26.5. The van der Waals surface area contributed by atoms with E-state index in [0.29, 0.717) is 112 Å². The van der Waals surface area contributed by atoms with Crippen molar-refractivity contribution in [3.63, 3.8) is 0 Å². The molecule has 1 aromatic heterocycles. The monoisotopic (exact) mass is 1050 g/mol. The molecule has 15 heteroatoms. The number of unbranched alkanes of at least 4 members (excludes halogenated alkanes) is 6. The van der Waals surface area contributed by atoms with Gasteiger partial charge in [0, 0.05) is 48.4 Å². The van der Waals surface area contributed by atoms with Gasteiger partial charge in [-0.3, -0.25) is 9.59 Å². The minimum absolute atomic E-state index is 0.161. The fourth-order valence-corrected chi connectivity index (χ4v) is 8.44. The topological polar surface area (TPSA) is 177 Å². The fourth-order valence-electron chi connectivity index (χ4n) is 8.44. The summed E-state index contributed by atoms with van der Waals surface area (Å²) in [5.74, 6) is 1.31. The maximum absolute atomic E-state index is 13.3. The average Bonchev–Trinajstić information content (AvgIpc) is 3.45. The zero-order valence-corrected chi connectivity index (χ0v) is 43.9. The second-order valence-electron chi connectivity index (χ2n) is 18.1. The minimum Gasteiger partial charge on any atom is -0.494 e. The highest BCUT2D eigenvalue weighted by atomic mass is 16.6. The summed E-state index contributed by atoms with van der Waals surface area (Å²) in [5.41, 5.74) is 4.35. The Kier molecular flexibility index (Phi) is 22.6. The molecule has 77 heavy (non-hydrogen) atoms. The van der Waals surface area contributed by atoms with Gasteiger partial charge in [0.15, 0.2) is 0 Å². The largest absolute Gasteiger partial charge is 0.494 e. The van der Waals surface area contributed by atoms with Crippen molar-refractivity contribution >= 4 is 67.5 Å². The van der Waals surface area contributed by atoms with Crippen LogP contribution in [0.25, 0.3) is 43.6 Å². The molecular weight excluding hydrogens is 981 g/mol. The number of rotatable bonds is 34. The maximum Gasteiger partial charge on any atom is 0.330 e. The zero-order valence-electron chi connectivity index (χ0n) is 43.9. The lowest BCUT2D eigenvalue weighted by atomic mass is 9.98. The Hall–Kier alpha value is -7.88. The van der Waals surface area contributed by atoms with Crippen molar-refractivity contribution in [2.24, 2.45) is 0 Å². The van der Waals surface area contributed by atoms with E-state index in [9.17, 15) is 19.2 Å². The van der Waals surface area contributed by atoms with Gasteiger partial charge in [0.25, 0.3) is 0 Å². The van der Waals surface area contributed by atoms with E-state index in [-0.39, 0.29) is 24.8 Å². The molecule has 15 nitrogen and oxygen atoms in total. The summed E-state index contributed by atoms with van der Waals surface area (Å²) >= 11 is 0. The standard InChI is InChI=1S/C62H68N2O13/c1-4-57(65)74-35-13-9-7-11-33-71-46-21-15-44(16-22-46)19-31-59(67)76-49-25-28-51-52-29-26-50(77-60(68)32-20-45-17-23-47(24-18-45)72-34-12-8-10-14-36-75-58(66)5-2)42-54(52)62-61(53(51)41-49)63-55-30-27-48(43-56(55)64-62)73-40-39-70-38-37-69-6-3/h4-5,15-18,21-30,41-43H,1-2,6-14,19-20,31-40H2,3H3. The van der Waals surface area contributed by atoms with Crippen LogP contribution in [0.2, 0.25) is 0 Å². The van der Waals surface area contributed by atoms with E-state index >= 15 is 0 Å². The molecule has 0 aliphatic carbocycles. The molecule has 0 saturated heterocycles. The molecule has 0 fully saturated rings. The SMILES string of the molecule is C=CC(=O)OCCCCCCOc1ccc(CCC(=O)Oc2ccc3c4ccc(OC(=O)CCc5ccc(OCCCCCCOC(=O)C=C)cc5)cc4c4nc5cc(OCCOCCOCC)ccc5nc4c3c2)cc1. The van der Waals surface area contributed by atoms with Gasteiger partial charge in [-0.2, -0.15) is 0 Å². The van der Waals surface area contributed by atoms with Crippen LogP contribution >= 0.6 is 0 Å². The number of carbonyl (C=O) groups is 4. The second-order valence-corrected chi connectivity index (χ2v) is 18.1. The lowest BCUT2D eigenvalue weighted by Gasteiger charge is -2.14. The van der Waals surface area contributed by atoms with Gasteiger partial charge in [-0.15, -0.1) is 0 Å². The Morgan fingerprint density at radius 1 is 0.429 bits per heavy atom. The number of aryl methyl sites for hydroxylation is 2.